The van der Waals surface area contributed by atoms with Crippen LogP contribution in [-0.4, -0.2) is 20.3 Å². The van der Waals surface area contributed by atoms with Crippen LogP contribution in [0.4, 0.5) is 0 Å². The van der Waals surface area contributed by atoms with Crippen molar-refractivity contribution in [3.63, 3.8) is 0 Å². The SMILES string of the molecule is OCc1c(O)cncc1O. The Balaban J connectivity index is 3.17. The lowest BCUT2D eigenvalue weighted by Crippen LogP contribution is -1.85. The van der Waals surface area contributed by atoms with Crippen molar-refractivity contribution < 1.29 is 15.3 Å². The normalized spacial score (nSPS) is 9.70. The zero-order valence-corrected chi connectivity index (χ0v) is 5.15. The van der Waals surface area contributed by atoms with Crippen LogP contribution in [-0.2, 0) is 6.61 Å². The lowest BCUT2D eigenvalue weighted by molar-refractivity contribution is 0.268. The van der Waals surface area contributed by atoms with Gasteiger partial charge in [0.05, 0.1) is 24.6 Å². The molecule has 4 nitrogen and oxygen atoms in total. The van der Waals surface area contributed by atoms with Gasteiger partial charge < -0.3 is 15.3 Å². The smallest absolute Gasteiger partial charge is 0.143 e. The zero-order chi connectivity index (χ0) is 7.56. The standard InChI is InChI=1S/C6H7NO3/c8-3-4-5(9)1-7-2-6(4)10/h1-2,8-10H,3H2. The van der Waals surface area contributed by atoms with Crippen molar-refractivity contribution in [2.75, 3.05) is 0 Å². The average Bonchev–Trinajstić information content (AvgIpc) is 1.88. The third kappa shape index (κ3) is 1.01. The van der Waals surface area contributed by atoms with Gasteiger partial charge in [0.2, 0.25) is 0 Å². The third-order valence-electron chi connectivity index (χ3n) is 1.17. The Kier molecular flexibility index (Phi) is 1.73. The summed E-state index contributed by atoms with van der Waals surface area (Å²) < 4.78 is 0. The van der Waals surface area contributed by atoms with E-state index in [-0.39, 0.29) is 23.7 Å². The van der Waals surface area contributed by atoms with Gasteiger partial charge in [-0.3, -0.25) is 4.98 Å². The Labute approximate surface area is 57.4 Å². The number of aliphatic hydroxyl groups excluding tert-OH is 1. The molecule has 54 valence electrons. The van der Waals surface area contributed by atoms with Crippen LogP contribution in [0.15, 0.2) is 12.4 Å². The minimum Gasteiger partial charge on any atom is -0.506 e. The number of aliphatic hydroxyl groups is 1. The second-order valence-electron chi connectivity index (χ2n) is 1.81. The fraction of sp³-hybridized carbons (Fsp3) is 0.167. The molecule has 10 heavy (non-hydrogen) atoms. The monoisotopic (exact) mass is 141 g/mol. The maximum absolute atomic E-state index is 8.91. The maximum Gasteiger partial charge on any atom is 0.143 e. The lowest BCUT2D eigenvalue weighted by Gasteiger charge is -2.00. The Morgan fingerprint density at radius 2 is 1.70 bits per heavy atom. The molecule has 1 aromatic rings. The van der Waals surface area contributed by atoms with Gasteiger partial charge in [-0.05, 0) is 0 Å². The van der Waals surface area contributed by atoms with E-state index in [9.17, 15) is 0 Å². The Bertz CT molecular complexity index is 216. The van der Waals surface area contributed by atoms with Gasteiger partial charge in [0.25, 0.3) is 0 Å². The van der Waals surface area contributed by atoms with Crippen molar-refractivity contribution in [2.45, 2.75) is 6.61 Å². The predicted octanol–water partition coefficient (Wildman–Crippen LogP) is -0.0149. The van der Waals surface area contributed by atoms with Crippen molar-refractivity contribution in [3.05, 3.63) is 18.0 Å². The molecule has 0 amide bonds. The number of rotatable bonds is 1. The van der Waals surface area contributed by atoms with E-state index in [0.29, 0.717) is 0 Å². The molecule has 1 aromatic heterocycles. The van der Waals surface area contributed by atoms with E-state index >= 15 is 0 Å². The molecule has 0 aliphatic heterocycles. The highest BCUT2D eigenvalue weighted by Crippen LogP contribution is 2.23. The van der Waals surface area contributed by atoms with Crippen molar-refractivity contribution in [1.82, 2.24) is 4.98 Å². The maximum atomic E-state index is 8.91. The van der Waals surface area contributed by atoms with Crippen molar-refractivity contribution in [3.8, 4) is 11.5 Å². The first kappa shape index (κ1) is 6.82. The topological polar surface area (TPSA) is 73.6 Å². The van der Waals surface area contributed by atoms with Crippen LogP contribution >= 0.6 is 0 Å². The molecule has 0 saturated carbocycles. The van der Waals surface area contributed by atoms with Crippen LogP contribution in [0.25, 0.3) is 0 Å². The summed E-state index contributed by atoms with van der Waals surface area (Å²) in [5.74, 6) is -0.384. The van der Waals surface area contributed by atoms with Crippen molar-refractivity contribution >= 4 is 0 Å². The molecule has 0 bridgehead atoms. The number of nitrogens with zero attached hydrogens (tertiary/aromatic N) is 1. The fourth-order valence-corrected chi connectivity index (χ4v) is 0.628. The van der Waals surface area contributed by atoms with Crippen LogP contribution in [0.2, 0.25) is 0 Å². The van der Waals surface area contributed by atoms with Gasteiger partial charge in [-0.2, -0.15) is 0 Å². The molecule has 0 aromatic carbocycles. The molecular formula is C6H7NO3. The molecule has 0 spiro atoms. The number of hydrogen-bond acceptors (Lipinski definition) is 4. The molecular weight excluding hydrogens is 134 g/mol. The minimum atomic E-state index is -0.389. The van der Waals surface area contributed by atoms with Gasteiger partial charge in [-0.25, -0.2) is 0 Å². The Morgan fingerprint density at radius 1 is 1.20 bits per heavy atom. The second-order valence-corrected chi connectivity index (χ2v) is 1.81. The van der Waals surface area contributed by atoms with E-state index in [4.69, 9.17) is 15.3 Å². The van der Waals surface area contributed by atoms with E-state index in [1.807, 2.05) is 0 Å². The highest BCUT2D eigenvalue weighted by Gasteiger charge is 2.04. The largest absolute Gasteiger partial charge is 0.506 e. The molecule has 0 atom stereocenters. The summed E-state index contributed by atoms with van der Waals surface area (Å²) in [6.45, 7) is -0.389. The molecule has 0 unspecified atom stereocenters. The number of aromatic hydroxyl groups is 2. The van der Waals surface area contributed by atoms with E-state index in [2.05, 4.69) is 4.98 Å². The number of pyridine rings is 1. The molecule has 0 fully saturated rings. The second kappa shape index (κ2) is 2.53. The molecule has 0 radical (unpaired) electrons. The Morgan fingerprint density at radius 3 is 2.00 bits per heavy atom. The first-order valence-corrected chi connectivity index (χ1v) is 2.71. The van der Waals surface area contributed by atoms with E-state index in [1.54, 1.807) is 0 Å². The van der Waals surface area contributed by atoms with E-state index in [0.717, 1.165) is 12.4 Å². The van der Waals surface area contributed by atoms with Crippen molar-refractivity contribution in [2.24, 2.45) is 0 Å². The van der Waals surface area contributed by atoms with E-state index < -0.39 is 0 Å². The van der Waals surface area contributed by atoms with Crippen LogP contribution in [0.3, 0.4) is 0 Å². The average molecular weight is 141 g/mol. The first-order valence-electron chi connectivity index (χ1n) is 2.71. The fourth-order valence-electron chi connectivity index (χ4n) is 0.628. The zero-order valence-electron chi connectivity index (χ0n) is 5.15. The van der Waals surface area contributed by atoms with Gasteiger partial charge >= 0.3 is 0 Å². The predicted molar refractivity (Wildman–Crippen MR) is 33.5 cm³/mol. The minimum absolute atomic E-state index is 0.106. The highest BCUT2D eigenvalue weighted by molar-refractivity contribution is 5.38. The molecule has 3 N–H and O–H groups in total. The summed E-state index contributed by atoms with van der Waals surface area (Å²) in [4.78, 5) is 3.48. The summed E-state index contributed by atoms with van der Waals surface area (Å²) in [6, 6.07) is 0. The molecule has 1 rings (SSSR count). The van der Waals surface area contributed by atoms with Crippen molar-refractivity contribution in [1.29, 1.82) is 0 Å². The van der Waals surface area contributed by atoms with Gasteiger partial charge in [0.1, 0.15) is 11.5 Å². The molecule has 0 aliphatic carbocycles. The van der Waals surface area contributed by atoms with Crippen LogP contribution in [0.1, 0.15) is 5.56 Å². The van der Waals surface area contributed by atoms with Crippen LogP contribution < -0.4 is 0 Å². The van der Waals surface area contributed by atoms with E-state index in [1.165, 1.54) is 0 Å². The Hall–Kier alpha value is -1.29. The quantitative estimate of drug-likeness (QED) is 0.514. The summed E-state index contributed by atoms with van der Waals surface area (Å²) in [6.07, 6.45) is 2.32. The summed E-state index contributed by atoms with van der Waals surface area (Å²) in [5, 5.41) is 26.4. The van der Waals surface area contributed by atoms with Crippen LogP contribution in [0.5, 0.6) is 11.5 Å². The molecule has 1 heterocycles. The molecule has 0 saturated heterocycles. The third-order valence-corrected chi connectivity index (χ3v) is 1.17. The van der Waals surface area contributed by atoms with Gasteiger partial charge in [0, 0.05) is 0 Å². The highest BCUT2D eigenvalue weighted by atomic mass is 16.3. The molecule has 4 heteroatoms. The summed E-state index contributed by atoms with van der Waals surface area (Å²) in [7, 11) is 0. The lowest BCUT2D eigenvalue weighted by atomic mass is 10.2. The molecule has 0 aliphatic rings. The van der Waals surface area contributed by atoms with Gasteiger partial charge in [-0.1, -0.05) is 0 Å². The van der Waals surface area contributed by atoms with Gasteiger partial charge in [-0.15, -0.1) is 0 Å². The van der Waals surface area contributed by atoms with Gasteiger partial charge in [0.15, 0.2) is 0 Å². The number of hydrogen-bond donors (Lipinski definition) is 3. The first-order chi connectivity index (χ1) is 4.75. The summed E-state index contributed by atoms with van der Waals surface area (Å²) >= 11 is 0. The summed E-state index contributed by atoms with van der Waals surface area (Å²) in [5.41, 5.74) is 0.106. The number of aromatic nitrogens is 1. The van der Waals surface area contributed by atoms with Crippen LogP contribution in [0, 0.1) is 0 Å².